The molecule has 0 saturated heterocycles. The zero-order chi connectivity index (χ0) is 12.0. The Morgan fingerprint density at radius 3 is 2.06 bits per heavy atom. The Morgan fingerprint density at radius 2 is 1.65 bits per heavy atom. The van der Waals surface area contributed by atoms with Gasteiger partial charge in [-0.1, -0.05) is 6.08 Å². The minimum atomic E-state index is -0.597. The minimum absolute atomic E-state index is 0.229. The number of hydrogen-bond donors (Lipinski definition) is 1. The molecule has 0 spiro atoms. The Hall–Kier alpha value is -0.830. The molecular weight excluding hydrogens is 216 g/mol. The van der Waals surface area contributed by atoms with Crippen molar-refractivity contribution >= 4 is 5.97 Å². The van der Waals surface area contributed by atoms with Gasteiger partial charge < -0.3 is 0 Å². The lowest BCUT2D eigenvalue weighted by molar-refractivity contribution is -0.229. The van der Waals surface area contributed by atoms with Crippen LogP contribution in [0.15, 0.2) is 11.6 Å². The fourth-order valence-corrected chi connectivity index (χ4v) is 4.94. The van der Waals surface area contributed by atoms with Gasteiger partial charge >= 0.3 is 5.97 Å². The summed E-state index contributed by atoms with van der Waals surface area (Å²) in [4.78, 5) is 15.1. The molecule has 4 fully saturated rings. The van der Waals surface area contributed by atoms with Gasteiger partial charge in [0.2, 0.25) is 0 Å². The van der Waals surface area contributed by atoms with E-state index in [0.717, 1.165) is 17.8 Å². The molecule has 0 aliphatic heterocycles. The van der Waals surface area contributed by atoms with Crippen molar-refractivity contribution in [1.82, 2.24) is 0 Å². The maximum atomic E-state index is 11.3. The molecule has 94 valence electrons. The topological polar surface area (TPSA) is 46.5 Å². The standard InChI is InChI=1S/C14H20O3/c1-9(13(15)17-16)5-14-6-10-2-11(7-14)4-12(3-10)8-14/h5,10-12,16H,2-4,6-8H2,1H3. The first-order valence-electron chi connectivity index (χ1n) is 6.65. The van der Waals surface area contributed by atoms with Crippen molar-refractivity contribution in [3.8, 4) is 0 Å². The van der Waals surface area contributed by atoms with Crippen LogP contribution >= 0.6 is 0 Å². The summed E-state index contributed by atoms with van der Waals surface area (Å²) in [5.74, 6) is 2.02. The van der Waals surface area contributed by atoms with Crippen LogP contribution in [0.5, 0.6) is 0 Å². The molecule has 0 aromatic rings. The van der Waals surface area contributed by atoms with E-state index in [4.69, 9.17) is 5.26 Å². The van der Waals surface area contributed by atoms with Crippen LogP contribution in [-0.2, 0) is 9.68 Å². The molecule has 1 N–H and O–H groups in total. The van der Waals surface area contributed by atoms with Gasteiger partial charge in [-0.15, -0.1) is 0 Å². The lowest BCUT2D eigenvalue weighted by Crippen LogP contribution is -2.45. The number of carbonyl (C=O) groups excluding carboxylic acids is 1. The van der Waals surface area contributed by atoms with Crippen molar-refractivity contribution in [3.63, 3.8) is 0 Å². The van der Waals surface area contributed by atoms with Crippen molar-refractivity contribution in [2.45, 2.75) is 45.4 Å². The van der Waals surface area contributed by atoms with E-state index in [-0.39, 0.29) is 5.41 Å². The molecule has 3 nitrogen and oxygen atoms in total. The highest BCUT2D eigenvalue weighted by atomic mass is 17.1. The van der Waals surface area contributed by atoms with E-state index in [9.17, 15) is 4.79 Å². The maximum Gasteiger partial charge on any atom is 0.368 e. The first kappa shape index (κ1) is 11.3. The molecule has 0 amide bonds. The van der Waals surface area contributed by atoms with E-state index in [0.29, 0.717) is 5.57 Å². The molecule has 4 aliphatic carbocycles. The second kappa shape index (κ2) is 3.84. The van der Waals surface area contributed by atoms with Crippen molar-refractivity contribution in [2.75, 3.05) is 0 Å². The van der Waals surface area contributed by atoms with E-state index in [1.54, 1.807) is 6.92 Å². The average molecular weight is 236 g/mol. The highest BCUT2D eigenvalue weighted by Gasteiger charge is 2.49. The quantitative estimate of drug-likeness (QED) is 0.455. The largest absolute Gasteiger partial charge is 0.368 e. The molecular formula is C14H20O3. The van der Waals surface area contributed by atoms with Crippen molar-refractivity contribution in [3.05, 3.63) is 11.6 Å². The molecule has 4 bridgehead atoms. The monoisotopic (exact) mass is 236 g/mol. The summed E-state index contributed by atoms with van der Waals surface area (Å²) in [7, 11) is 0. The minimum Gasteiger partial charge on any atom is -0.296 e. The van der Waals surface area contributed by atoms with E-state index < -0.39 is 5.97 Å². The summed E-state index contributed by atoms with van der Waals surface area (Å²) in [5.41, 5.74) is 0.793. The summed E-state index contributed by atoms with van der Waals surface area (Å²) in [6.45, 7) is 1.75. The number of allylic oxidation sites excluding steroid dienone is 1. The Labute approximate surface area is 102 Å². The molecule has 4 aliphatic rings. The van der Waals surface area contributed by atoms with Gasteiger partial charge in [-0.2, -0.15) is 5.26 Å². The molecule has 0 unspecified atom stereocenters. The van der Waals surface area contributed by atoms with Crippen molar-refractivity contribution in [2.24, 2.45) is 23.2 Å². The second-order valence-electron chi connectivity index (χ2n) is 6.49. The summed E-state index contributed by atoms with van der Waals surface area (Å²) in [6, 6.07) is 0. The number of rotatable bonds is 2. The Morgan fingerprint density at radius 1 is 1.18 bits per heavy atom. The summed E-state index contributed by atoms with van der Waals surface area (Å²) >= 11 is 0. The fraction of sp³-hybridized carbons (Fsp3) is 0.786. The molecule has 17 heavy (non-hydrogen) atoms. The van der Waals surface area contributed by atoms with E-state index in [2.05, 4.69) is 11.0 Å². The van der Waals surface area contributed by atoms with Crippen LogP contribution < -0.4 is 0 Å². The summed E-state index contributed by atoms with van der Waals surface area (Å²) in [5, 5.41) is 8.43. The number of hydrogen-bond acceptors (Lipinski definition) is 3. The van der Waals surface area contributed by atoms with Crippen LogP contribution in [0.2, 0.25) is 0 Å². The summed E-state index contributed by atoms with van der Waals surface area (Å²) < 4.78 is 0. The summed E-state index contributed by atoms with van der Waals surface area (Å²) in [6.07, 6.45) is 9.99. The van der Waals surface area contributed by atoms with Crippen LogP contribution in [-0.4, -0.2) is 11.2 Å². The van der Waals surface area contributed by atoms with Crippen molar-refractivity contribution in [1.29, 1.82) is 0 Å². The molecule has 0 aromatic carbocycles. The van der Waals surface area contributed by atoms with E-state index >= 15 is 0 Å². The highest BCUT2D eigenvalue weighted by molar-refractivity contribution is 5.87. The zero-order valence-corrected chi connectivity index (χ0v) is 10.3. The Kier molecular flexibility index (Phi) is 2.54. The number of carbonyl (C=O) groups is 1. The van der Waals surface area contributed by atoms with Gasteiger partial charge in [0.25, 0.3) is 0 Å². The lowest BCUT2D eigenvalue weighted by atomic mass is 9.49. The van der Waals surface area contributed by atoms with Gasteiger partial charge in [0, 0.05) is 5.57 Å². The maximum absolute atomic E-state index is 11.3. The zero-order valence-electron chi connectivity index (χ0n) is 10.3. The smallest absolute Gasteiger partial charge is 0.296 e. The lowest BCUT2D eigenvalue weighted by Gasteiger charge is -2.56. The van der Waals surface area contributed by atoms with Gasteiger partial charge in [-0.3, -0.25) is 4.89 Å². The molecule has 0 atom stereocenters. The van der Waals surface area contributed by atoms with Gasteiger partial charge in [-0.25, -0.2) is 4.79 Å². The van der Waals surface area contributed by atoms with Crippen LogP contribution in [0.4, 0.5) is 0 Å². The van der Waals surface area contributed by atoms with E-state index in [1.165, 1.54) is 38.5 Å². The SMILES string of the molecule is CC(=CC12CC3CC(CC(C3)C1)C2)C(=O)OO. The van der Waals surface area contributed by atoms with Gasteiger partial charge in [0.1, 0.15) is 0 Å². The molecule has 0 aromatic heterocycles. The predicted molar refractivity (Wildman–Crippen MR) is 63.1 cm³/mol. The van der Waals surface area contributed by atoms with Crippen LogP contribution in [0, 0.1) is 23.2 Å². The van der Waals surface area contributed by atoms with Crippen LogP contribution in [0.3, 0.4) is 0 Å². The third kappa shape index (κ3) is 1.90. The average Bonchev–Trinajstić information content (AvgIpc) is 2.25. The fourth-order valence-electron chi connectivity index (χ4n) is 4.94. The third-order valence-electron chi connectivity index (χ3n) is 5.01. The predicted octanol–water partition coefficient (Wildman–Crippen LogP) is 3.17. The molecule has 0 heterocycles. The molecule has 4 rings (SSSR count). The molecule has 4 saturated carbocycles. The van der Waals surface area contributed by atoms with Gasteiger partial charge in [0.05, 0.1) is 0 Å². The van der Waals surface area contributed by atoms with Gasteiger partial charge in [0.15, 0.2) is 0 Å². The highest BCUT2D eigenvalue weighted by Crippen LogP contribution is 2.60. The molecule has 0 radical (unpaired) electrons. The Bertz CT molecular complexity index is 334. The van der Waals surface area contributed by atoms with E-state index in [1.807, 2.05) is 0 Å². The first-order chi connectivity index (χ1) is 8.10. The first-order valence-corrected chi connectivity index (χ1v) is 6.65. The van der Waals surface area contributed by atoms with Crippen LogP contribution in [0.1, 0.15) is 45.4 Å². The third-order valence-corrected chi connectivity index (χ3v) is 5.01. The van der Waals surface area contributed by atoms with Gasteiger partial charge in [-0.05, 0) is 68.6 Å². The molecule has 3 heteroatoms. The second-order valence-corrected chi connectivity index (χ2v) is 6.49. The normalized spacial score (nSPS) is 43.9. The van der Waals surface area contributed by atoms with Crippen molar-refractivity contribution < 1.29 is 14.9 Å². The van der Waals surface area contributed by atoms with Crippen LogP contribution in [0.25, 0.3) is 0 Å². The Balaban J connectivity index is 1.85.